The molecule has 0 fully saturated rings. The Kier molecular flexibility index (Phi) is 6.51. The number of benzene rings is 3. The third-order valence-corrected chi connectivity index (χ3v) is 6.27. The minimum absolute atomic E-state index is 0.0682. The molecule has 0 aliphatic heterocycles. The first kappa shape index (κ1) is 23.7. The monoisotopic (exact) mass is 464 g/mol. The van der Waals surface area contributed by atoms with Gasteiger partial charge in [-0.05, 0) is 52.1 Å². The van der Waals surface area contributed by atoms with Crippen LogP contribution in [0.2, 0.25) is 10.0 Å². The van der Waals surface area contributed by atoms with Crippen LogP contribution in [0.4, 0.5) is 13.2 Å². The van der Waals surface area contributed by atoms with Crippen LogP contribution in [0, 0.1) is 17.5 Å². The number of hydrogen-bond acceptors (Lipinski definition) is 0. The minimum atomic E-state index is -0.689. The second-order valence-electron chi connectivity index (χ2n) is 9.50. The minimum Gasteiger partial charge on any atom is -0.207 e. The largest absolute Gasteiger partial charge is 0.207 e. The standard InChI is InChI=1S/C26H25Cl2F3/c1-25(2,3)19-12-9-15(22(28)24(19)31)14-26(4,5)20-8-6-7-18(23(20)30)17-11-10-16(29)13-21(17)27/h6-13H,14H2,1-5H3. The van der Waals surface area contributed by atoms with Crippen LogP contribution in [0.3, 0.4) is 0 Å². The van der Waals surface area contributed by atoms with Gasteiger partial charge in [-0.2, -0.15) is 0 Å². The molecule has 0 N–H and O–H groups in total. The molecular formula is C26H25Cl2F3. The predicted octanol–water partition coefficient (Wildman–Crippen LogP) is 8.90. The van der Waals surface area contributed by atoms with E-state index in [1.165, 1.54) is 12.1 Å². The Morgan fingerprint density at radius 2 is 1.42 bits per heavy atom. The summed E-state index contributed by atoms with van der Waals surface area (Å²) in [4.78, 5) is 0. The molecule has 3 rings (SSSR count). The van der Waals surface area contributed by atoms with Gasteiger partial charge < -0.3 is 0 Å². The van der Waals surface area contributed by atoms with Gasteiger partial charge in [0.15, 0.2) is 0 Å². The molecule has 0 heterocycles. The molecular weight excluding hydrogens is 440 g/mol. The van der Waals surface area contributed by atoms with Crippen molar-refractivity contribution in [3.63, 3.8) is 0 Å². The Labute approximate surface area is 192 Å². The number of rotatable bonds is 4. The summed E-state index contributed by atoms with van der Waals surface area (Å²) in [6.07, 6.45) is 0.338. The highest BCUT2D eigenvalue weighted by molar-refractivity contribution is 6.33. The fourth-order valence-electron chi connectivity index (χ4n) is 3.85. The topological polar surface area (TPSA) is 0 Å². The van der Waals surface area contributed by atoms with E-state index >= 15 is 4.39 Å². The molecule has 164 valence electrons. The molecule has 31 heavy (non-hydrogen) atoms. The van der Waals surface area contributed by atoms with Gasteiger partial charge in [-0.3, -0.25) is 0 Å². The zero-order chi connectivity index (χ0) is 23.1. The highest BCUT2D eigenvalue weighted by Gasteiger charge is 2.29. The van der Waals surface area contributed by atoms with Gasteiger partial charge in [-0.25, -0.2) is 13.2 Å². The van der Waals surface area contributed by atoms with Crippen LogP contribution in [-0.4, -0.2) is 0 Å². The number of hydrogen-bond donors (Lipinski definition) is 0. The zero-order valence-corrected chi connectivity index (χ0v) is 19.7. The molecule has 0 amide bonds. The average Bonchev–Trinajstić information content (AvgIpc) is 2.65. The highest BCUT2D eigenvalue weighted by atomic mass is 35.5. The van der Waals surface area contributed by atoms with Crippen LogP contribution in [0.15, 0.2) is 48.5 Å². The fourth-order valence-corrected chi connectivity index (χ4v) is 4.35. The molecule has 0 atom stereocenters. The van der Waals surface area contributed by atoms with Crippen molar-refractivity contribution in [1.29, 1.82) is 0 Å². The highest BCUT2D eigenvalue weighted by Crippen LogP contribution is 2.39. The fraction of sp³-hybridized carbons (Fsp3) is 0.308. The van der Waals surface area contributed by atoms with Crippen molar-refractivity contribution in [2.45, 2.75) is 51.9 Å². The van der Waals surface area contributed by atoms with Crippen LogP contribution in [-0.2, 0) is 17.3 Å². The Morgan fingerprint density at radius 3 is 2.03 bits per heavy atom. The van der Waals surface area contributed by atoms with Gasteiger partial charge in [0, 0.05) is 11.1 Å². The summed E-state index contributed by atoms with van der Waals surface area (Å²) in [7, 11) is 0. The van der Waals surface area contributed by atoms with E-state index in [9.17, 15) is 8.78 Å². The molecule has 0 saturated carbocycles. The van der Waals surface area contributed by atoms with Crippen LogP contribution in [0.5, 0.6) is 0 Å². The number of halogens is 5. The molecule has 0 radical (unpaired) electrons. The van der Waals surface area contributed by atoms with E-state index in [1.54, 1.807) is 24.3 Å². The molecule has 0 unspecified atom stereocenters. The van der Waals surface area contributed by atoms with E-state index in [1.807, 2.05) is 40.7 Å². The van der Waals surface area contributed by atoms with Crippen molar-refractivity contribution >= 4 is 23.2 Å². The van der Waals surface area contributed by atoms with Crippen LogP contribution in [0.25, 0.3) is 11.1 Å². The molecule has 0 aromatic heterocycles. The molecule has 0 aliphatic rings. The normalized spacial score (nSPS) is 12.3. The smallest absolute Gasteiger partial charge is 0.145 e. The molecule has 0 spiro atoms. The van der Waals surface area contributed by atoms with Gasteiger partial charge in [0.1, 0.15) is 17.5 Å². The van der Waals surface area contributed by atoms with Crippen molar-refractivity contribution < 1.29 is 13.2 Å². The SMILES string of the molecule is CC(C)(C)c1ccc(CC(C)(C)c2cccc(-c3ccc(F)cc3Cl)c2F)c(Cl)c1F. The Morgan fingerprint density at radius 1 is 0.742 bits per heavy atom. The van der Waals surface area contributed by atoms with E-state index < -0.39 is 22.9 Å². The third kappa shape index (κ3) is 4.78. The maximum absolute atomic E-state index is 15.6. The van der Waals surface area contributed by atoms with Crippen LogP contribution in [0.1, 0.15) is 51.3 Å². The molecule has 0 nitrogen and oxygen atoms in total. The van der Waals surface area contributed by atoms with Gasteiger partial charge >= 0.3 is 0 Å². The summed E-state index contributed by atoms with van der Waals surface area (Å²) < 4.78 is 43.9. The first-order valence-electron chi connectivity index (χ1n) is 10.0. The Hall–Kier alpha value is -1.97. The summed E-state index contributed by atoms with van der Waals surface area (Å²) in [5.41, 5.74) is 1.23. The van der Waals surface area contributed by atoms with Gasteiger partial charge in [0.25, 0.3) is 0 Å². The average molecular weight is 465 g/mol. The Bertz CT molecular complexity index is 1130. The maximum atomic E-state index is 15.6. The van der Waals surface area contributed by atoms with Crippen LogP contribution < -0.4 is 0 Å². The van der Waals surface area contributed by atoms with Crippen molar-refractivity contribution in [3.05, 3.63) is 92.7 Å². The first-order chi connectivity index (χ1) is 14.3. The summed E-state index contributed by atoms with van der Waals surface area (Å²) in [6, 6.07) is 12.5. The molecule has 0 bridgehead atoms. The lowest BCUT2D eigenvalue weighted by Crippen LogP contribution is -2.23. The maximum Gasteiger partial charge on any atom is 0.145 e. The van der Waals surface area contributed by atoms with E-state index in [-0.39, 0.29) is 21.0 Å². The molecule has 3 aromatic rings. The second kappa shape index (κ2) is 8.52. The quantitative estimate of drug-likeness (QED) is 0.361. The summed E-state index contributed by atoms with van der Waals surface area (Å²) in [6.45, 7) is 9.53. The lowest BCUT2D eigenvalue weighted by Gasteiger charge is -2.28. The predicted molar refractivity (Wildman–Crippen MR) is 124 cm³/mol. The van der Waals surface area contributed by atoms with E-state index in [4.69, 9.17) is 23.2 Å². The molecule has 0 aliphatic carbocycles. The lowest BCUT2D eigenvalue weighted by atomic mass is 9.77. The Balaban J connectivity index is 2.03. The zero-order valence-electron chi connectivity index (χ0n) is 18.2. The van der Waals surface area contributed by atoms with Crippen LogP contribution >= 0.6 is 23.2 Å². The van der Waals surface area contributed by atoms with Crippen molar-refractivity contribution in [2.75, 3.05) is 0 Å². The van der Waals surface area contributed by atoms with Crippen molar-refractivity contribution in [2.24, 2.45) is 0 Å². The summed E-state index contributed by atoms with van der Waals surface area (Å²) >= 11 is 12.5. The summed E-state index contributed by atoms with van der Waals surface area (Å²) in [5, 5.41) is 0.204. The van der Waals surface area contributed by atoms with E-state index in [2.05, 4.69) is 0 Å². The first-order valence-corrected chi connectivity index (χ1v) is 10.8. The van der Waals surface area contributed by atoms with Crippen molar-refractivity contribution in [1.82, 2.24) is 0 Å². The van der Waals surface area contributed by atoms with Gasteiger partial charge in [0.05, 0.1) is 10.0 Å². The third-order valence-electron chi connectivity index (χ3n) is 5.55. The van der Waals surface area contributed by atoms with E-state index in [0.29, 0.717) is 28.7 Å². The molecule has 3 aromatic carbocycles. The van der Waals surface area contributed by atoms with Gasteiger partial charge in [0.2, 0.25) is 0 Å². The van der Waals surface area contributed by atoms with Gasteiger partial charge in [-0.1, -0.05) is 88.2 Å². The lowest BCUT2D eigenvalue weighted by molar-refractivity contribution is 0.478. The summed E-state index contributed by atoms with van der Waals surface area (Å²) in [5.74, 6) is -1.36. The van der Waals surface area contributed by atoms with Crippen molar-refractivity contribution in [3.8, 4) is 11.1 Å². The molecule has 0 saturated heterocycles. The van der Waals surface area contributed by atoms with E-state index in [0.717, 1.165) is 6.07 Å². The second-order valence-corrected chi connectivity index (χ2v) is 10.3. The molecule has 5 heteroatoms. The van der Waals surface area contributed by atoms with Gasteiger partial charge in [-0.15, -0.1) is 0 Å².